The normalized spacial score (nSPS) is 12.2. The minimum Gasteiger partial charge on any atom is -0.497 e. The highest BCUT2D eigenvalue weighted by Gasteiger charge is 2.20. The number of ether oxygens (including phenoxy) is 1. The van der Waals surface area contributed by atoms with E-state index >= 15 is 0 Å². The van der Waals surface area contributed by atoms with E-state index in [1.54, 1.807) is 39.2 Å². The summed E-state index contributed by atoms with van der Waals surface area (Å²) in [6.07, 6.45) is 0. The fourth-order valence-electron chi connectivity index (χ4n) is 2.67. The van der Waals surface area contributed by atoms with E-state index < -0.39 is 23.6 Å². The lowest BCUT2D eigenvalue weighted by Crippen LogP contribution is -2.26. The lowest BCUT2D eigenvalue weighted by molar-refractivity contribution is 0.0913. The topological polar surface area (TPSA) is 51.5 Å². The Kier molecular flexibility index (Phi) is 4.44. The van der Waals surface area contributed by atoms with E-state index in [-0.39, 0.29) is 5.76 Å². The number of hydrogen-bond acceptors (Lipinski definition) is 3. The van der Waals surface area contributed by atoms with Crippen molar-refractivity contribution in [3.63, 3.8) is 0 Å². The first kappa shape index (κ1) is 17.0. The molecular weight excluding hydrogens is 328 g/mol. The lowest BCUT2D eigenvalue weighted by atomic mass is 10.1. The maximum Gasteiger partial charge on any atom is 0.287 e. The number of hydrogen-bond donors (Lipinski definition) is 1. The van der Waals surface area contributed by atoms with Crippen LogP contribution in [0.2, 0.25) is 0 Å². The monoisotopic (exact) mass is 345 g/mol. The number of carbonyl (C=O) groups is 1. The van der Waals surface area contributed by atoms with Crippen molar-refractivity contribution in [2.24, 2.45) is 0 Å². The van der Waals surface area contributed by atoms with Gasteiger partial charge in [-0.3, -0.25) is 4.79 Å². The molecule has 0 aliphatic heterocycles. The van der Waals surface area contributed by atoms with Crippen molar-refractivity contribution in [2.75, 3.05) is 7.11 Å². The smallest absolute Gasteiger partial charge is 0.287 e. The minimum atomic E-state index is -0.953. The highest BCUT2D eigenvalue weighted by Crippen LogP contribution is 2.29. The van der Waals surface area contributed by atoms with Crippen molar-refractivity contribution < 1.29 is 22.7 Å². The van der Waals surface area contributed by atoms with Crippen molar-refractivity contribution >= 4 is 16.9 Å². The second-order valence-corrected chi connectivity index (χ2v) is 5.79. The van der Waals surface area contributed by atoms with E-state index in [9.17, 15) is 13.6 Å². The molecule has 0 spiro atoms. The van der Waals surface area contributed by atoms with Gasteiger partial charge in [-0.15, -0.1) is 0 Å². The Morgan fingerprint density at radius 2 is 1.92 bits per heavy atom. The van der Waals surface area contributed by atoms with Gasteiger partial charge in [-0.2, -0.15) is 0 Å². The average molecular weight is 345 g/mol. The predicted molar refractivity (Wildman–Crippen MR) is 89.7 cm³/mol. The van der Waals surface area contributed by atoms with Gasteiger partial charge in [-0.05, 0) is 49.7 Å². The number of furan rings is 1. The first-order chi connectivity index (χ1) is 11.9. The summed E-state index contributed by atoms with van der Waals surface area (Å²) in [5.41, 5.74) is 1.72. The highest BCUT2D eigenvalue weighted by molar-refractivity contribution is 5.99. The standard InChI is InChI=1S/C19H17F2NO3/c1-10-14-9-13(24-3)5-7-17(14)25-18(10)19(23)22-11(2)12-4-6-15(20)16(21)8-12/h4-9,11H,1-3H3,(H,22,23)/t11-/m1/s1. The number of aryl methyl sites for hydroxylation is 1. The quantitative estimate of drug-likeness (QED) is 0.756. The number of halogens is 2. The van der Waals surface area contributed by atoms with Crippen LogP contribution in [-0.2, 0) is 0 Å². The molecule has 0 aliphatic carbocycles. The largest absolute Gasteiger partial charge is 0.497 e. The van der Waals surface area contributed by atoms with Crippen LogP contribution in [0.5, 0.6) is 5.75 Å². The number of amides is 1. The molecule has 1 aromatic heterocycles. The Morgan fingerprint density at radius 3 is 2.60 bits per heavy atom. The third-order valence-corrected chi connectivity index (χ3v) is 4.14. The first-order valence-electron chi connectivity index (χ1n) is 7.73. The van der Waals surface area contributed by atoms with Crippen LogP contribution in [0.4, 0.5) is 8.78 Å². The highest BCUT2D eigenvalue weighted by atomic mass is 19.2. The molecule has 1 amide bonds. The molecule has 0 radical (unpaired) electrons. The van der Waals surface area contributed by atoms with E-state index in [0.717, 1.165) is 17.5 Å². The number of carbonyl (C=O) groups excluding carboxylic acids is 1. The van der Waals surface area contributed by atoms with Crippen LogP contribution in [0.25, 0.3) is 11.0 Å². The number of fused-ring (bicyclic) bond motifs is 1. The molecule has 1 atom stereocenters. The number of rotatable bonds is 4. The molecule has 0 unspecified atom stereocenters. The third kappa shape index (κ3) is 3.20. The second-order valence-electron chi connectivity index (χ2n) is 5.79. The SMILES string of the molecule is COc1ccc2oc(C(=O)N[C@H](C)c3ccc(F)c(F)c3)c(C)c2c1. The Bertz CT molecular complexity index is 949. The van der Waals surface area contributed by atoms with Gasteiger partial charge in [0.25, 0.3) is 5.91 Å². The van der Waals surface area contributed by atoms with Crippen LogP contribution in [0.15, 0.2) is 40.8 Å². The third-order valence-electron chi connectivity index (χ3n) is 4.14. The summed E-state index contributed by atoms with van der Waals surface area (Å²) < 4.78 is 37.2. The van der Waals surface area contributed by atoms with Crippen molar-refractivity contribution in [1.29, 1.82) is 0 Å². The van der Waals surface area contributed by atoms with E-state index in [0.29, 0.717) is 22.5 Å². The molecule has 3 rings (SSSR count). The van der Waals surface area contributed by atoms with Gasteiger partial charge in [0.1, 0.15) is 11.3 Å². The predicted octanol–water partition coefficient (Wildman–Crippen LogP) is 4.52. The summed E-state index contributed by atoms with van der Waals surface area (Å²) in [4.78, 5) is 12.5. The molecule has 25 heavy (non-hydrogen) atoms. The summed E-state index contributed by atoms with van der Waals surface area (Å²) in [5.74, 6) is -1.46. The summed E-state index contributed by atoms with van der Waals surface area (Å²) in [6, 6.07) is 8.30. The molecule has 1 heterocycles. The van der Waals surface area contributed by atoms with Gasteiger partial charge in [0.2, 0.25) is 0 Å². The van der Waals surface area contributed by atoms with Gasteiger partial charge in [-0.1, -0.05) is 6.07 Å². The minimum absolute atomic E-state index is 0.178. The second kappa shape index (κ2) is 6.55. The zero-order chi connectivity index (χ0) is 18.1. The van der Waals surface area contributed by atoms with Gasteiger partial charge < -0.3 is 14.5 Å². The van der Waals surface area contributed by atoms with Crippen molar-refractivity contribution in [3.05, 3.63) is 64.9 Å². The maximum atomic E-state index is 13.4. The molecule has 3 aromatic rings. The van der Waals surface area contributed by atoms with Crippen LogP contribution < -0.4 is 10.1 Å². The summed E-state index contributed by atoms with van der Waals surface area (Å²) >= 11 is 0. The Hall–Kier alpha value is -2.89. The Balaban J connectivity index is 1.86. The molecule has 0 aliphatic rings. The number of nitrogens with one attached hydrogen (secondary N) is 1. The van der Waals surface area contributed by atoms with E-state index in [2.05, 4.69) is 5.32 Å². The van der Waals surface area contributed by atoms with E-state index in [4.69, 9.17) is 9.15 Å². The molecule has 130 valence electrons. The first-order valence-corrected chi connectivity index (χ1v) is 7.73. The van der Waals surface area contributed by atoms with Gasteiger partial charge in [0, 0.05) is 10.9 Å². The molecular formula is C19H17F2NO3. The van der Waals surface area contributed by atoms with Gasteiger partial charge in [-0.25, -0.2) is 8.78 Å². The summed E-state index contributed by atoms with van der Waals surface area (Å²) in [6.45, 7) is 3.47. The lowest BCUT2D eigenvalue weighted by Gasteiger charge is -2.14. The number of benzene rings is 2. The summed E-state index contributed by atoms with van der Waals surface area (Å²) in [7, 11) is 1.56. The maximum absolute atomic E-state index is 13.4. The van der Waals surface area contributed by atoms with E-state index in [1.165, 1.54) is 6.07 Å². The zero-order valence-electron chi connectivity index (χ0n) is 14.0. The van der Waals surface area contributed by atoms with Crippen LogP contribution in [0.3, 0.4) is 0 Å². The van der Waals surface area contributed by atoms with Crippen LogP contribution in [0, 0.1) is 18.6 Å². The molecule has 2 aromatic carbocycles. The molecule has 0 saturated heterocycles. The van der Waals surface area contributed by atoms with Gasteiger partial charge >= 0.3 is 0 Å². The fourth-order valence-corrected chi connectivity index (χ4v) is 2.67. The molecule has 6 heteroatoms. The van der Waals surface area contributed by atoms with Crippen LogP contribution in [-0.4, -0.2) is 13.0 Å². The molecule has 0 fully saturated rings. The van der Waals surface area contributed by atoms with Crippen molar-refractivity contribution in [3.8, 4) is 5.75 Å². The molecule has 4 nitrogen and oxygen atoms in total. The van der Waals surface area contributed by atoms with Crippen molar-refractivity contribution in [2.45, 2.75) is 19.9 Å². The average Bonchev–Trinajstić information content (AvgIpc) is 2.93. The van der Waals surface area contributed by atoms with Gasteiger partial charge in [0.15, 0.2) is 17.4 Å². The zero-order valence-corrected chi connectivity index (χ0v) is 14.0. The molecule has 1 N–H and O–H groups in total. The van der Waals surface area contributed by atoms with Crippen LogP contribution in [0.1, 0.15) is 34.6 Å². The fraction of sp³-hybridized carbons (Fsp3) is 0.211. The van der Waals surface area contributed by atoms with Crippen LogP contribution >= 0.6 is 0 Å². The van der Waals surface area contributed by atoms with Gasteiger partial charge in [0.05, 0.1) is 13.2 Å². The van der Waals surface area contributed by atoms with E-state index in [1.807, 2.05) is 0 Å². The number of methoxy groups -OCH3 is 1. The molecule has 0 saturated carbocycles. The molecule has 0 bridgehead atoms. The van der Waals surface area contributed by atoms with Crippen molar-refractivity contribution in [1.82, 2.24) is 5.32 Å². The Morgan fingerprint density at radius 1 is 1.16 bits per heavy atom. The Labute approximate surface area is 143 Å². The summed E-state index contributed by atoms with van der Waals surface area (Å²) in [5, 5.41) is 3.52.